The summed E-state index contributed by atoms with van der Waals surface area (Å²) in [6.07, 6.45) is 3.57. The molecule has 2 aromatic rings. The van der Waals surface area contributed by atoms with Gasteiger partial charge in [0.25, 0.3) is 0 Å². The molecule has 2 aromatic carbocycles. The van der Waals surface area contributed by atoms with Gasteiger partial charge < -0.3 is 10.5 Å². The molecule has 2 heteroatoms. The molecule has 0 saturated heterocycles. The van der Waals surface area contributed by atoms with Crippen molar-refractivity contribution < 1.29 is 4.74 Å². The number of rotatable bonds is 7. The molecule has 0 fully saturated rings. The number of hydrogen-bond donors (Lipinski definition) is 1. The lowest BCUT2D eigenvalue weighted by Crippen LogP contribution is -1.96. The van der Waals surface area contributed by atoms with Crippen LogP contribution in [0.25, 0.3) is 11.1 Å². The molecule has 0 spiro atoms. The van der Waals surface area contributed by atoms with Gasteiger partial charge in [-0.3, -0.25) is 0 Å². The Bertz CT molecular complexity index is 502. The number of unbranched alkanes of at least 4 members (excludes halogenated alkanes) is 2. The van der Waals surface area contributed by atoms with E-state index < -0.39 is 0 Å². The number of ether oxygens (including phenoxy) is 1. The van der Waals surface area contributed by atoms with Crippen LogP contribution in [0.4, 0.5) is 0 Å². The quantitative estimate of drug-likeness (QED) is 0.757. The fourth-order valence-corrected chi connectivity index (χ4v) is 2.12. The summed E-state index contributed by atoms with van der Waals surface area (Å²) in [4.78, 5) is 0. The minimum absolute atomic E-state index is 0.588. The first kappa shape index (κ1) is 14.6. The maximum atomic E-state index is 5.72. The number of benzene rings is 2. The van der Waals surface area contributed by atoms with Gasteiger partial charge in [-0.25, -0.2) is 0 Å². The van der Waals surface area contributed by atoms with E-state index in [0.29, 0.717) is 6.54 Å². The second-order valence-electron chi connectivity index (χ2n) is 4.98. The van der Waals surface area contributed by atoms with Crippen LogP contribution in [0.1, 0.15) is 31.7 Å². The molecule has 0 amide bonds. The van der Waals surface area contributed by atoms with Gasteiger partial charge >= 0.3 is 0 Å². The lowest BCUT2D eigenvalue weighted by molar-refractivity contribution is 0.306. The first-order valence-corrected chi connectivity index (χ1v) is 7.35. The smallest absolute Gasteiger partial charge is 0.119 e. The third kappa shape index (κ3) is 4.10. The summed E-state index contributed by atoms with van der Waals surface area (Å²) in [6.45, 7) is 3.59. The van der Waals surface area contributed by atoms with Crippen LogP contribution in [0.15, 0.2) is 48.5 Å². The third-order valence-electron chi connectivity index (χ3n) is 3.39. The average molecular weight is 269 g/mol. The Labute approximate surface area is 121 Å². The van der Waals surface area contributed by atoms with Crippen LogP contribution in [0, 0.1) is 0 Å². The van der Waals surface area contributed by atoms with Crippen molar-refractivity contribution >= 4 is 0 Å². The Morgan fingerprint density at radius 2 is 1.45 bits per heavy atom. The van der Waals surface area contributed by atoms with Gasteiger partial charge in [0.05, 0.1) is 6.61 Å². The van der Waals surface area contributed by atoms with Crippen LogP contribution in [-0.4, -0.2) is 6.61 Å². The lowest BCUT2D eigenvalue weighted by Gasteiger charge is -2.07. The Kier molecular flexibility index (Phi) is 5.63. The van der Waals surface area contributed by atoms with E-state index in [1.807, 2.05) is 12.1 Å². The van der Waals surface area contributed by atoms with Crippen molar-refractivity contribution in [2.24, 2.45) is 5.73 Å². The summed E-state index contributed by atoms with van der Waals surface area (Å²) < 4.78 is 5.72. The van der Waals surface area contributed by atoms with E-state index in [9.17, 15) is 0 Å². The van der Waals surface area contributed by atoms with Crippen LogP contribution in [0.3, 0.4) is 0 Å². The van der Waals surface area contributed by atoms with Crippen LogP contribution in [0.2, 0.25) is 0 Å². The minimum Gasteiger partial charge on any atom is -0.494 e. The van der Waals surface area contributed by atoms with Crippen molar-refractivity contribution in [2.75, 3.05) is 6.61 Å². The zero-order chi connectivity index (χ0) is 14.2. The maximum Gasteiger partial charge on any atom is 0.119 e. The highest BCUT2D eigenvalue weighted by Crippen LogP contribution is 2.23. The van der Waals surface area contributed by atoms with Gasteiger partial charge in [-0.05, 0) is 35.2 Å². The fourth-order valence-electron chi connectivity index (χ4n) is 2.12. The van der Waals surface area contributed by atoms with Crippen molar-refractivity contribution in [3.63, 3.8) is 0 Å². The standard InChI is InChI=1S/C18H23NO/c1-2-3-4-13-20-18-11-9-17(10-12-18)16-7-5-15(14-19)6-8-16/h5-12H,2-4,13-14,19H2,1H3. The van der Waals surface area contributed by atoms with Gasteiger partial charge in [-0.2, -0.15) is 0 Å². The zero-order valence-electron chi connectivity index (χ0n) is 12.1. The molecule has 20 heavy (non-hydrogen) atoms. The van der Waals surface area contributed by atoms with Gasteiger partial charge in [0.1, 0.15) is 5.75 Å². The Morgan fingerprint density at radius 3 is 2.00 bits per heavy atom. The molecule has 0 radical (unpaired) electrons. The summed E-state index contributed by atoms with van der Waals surface area (Å²) >= 11 is 0. The highest BCUT2D eigenvalue weighted by molar-refractivity contribution is 5.64. The molecule has 2 rings (SSSR count). The summed E-state index contributed by atoms with van der Waals surface area (Å²) in [5.41, 5.74) is 9.18. The molecule has 0 saturated carbocycles. The topological polar surface area (TPSA) is 35.2 Å². The van der Waals surface area contributed by atoms with Crippen LogP contribution in [-0.2, 0) is 6.54 Å². The van der Waals surface area contributed by atoms with E-state index in [0.717, 1.165) is 24.3 Å². The van der Waals surface area contributed by atoms with Gasteiger partial charge in [-0.15, -0.1) is 0 Å². The highest BCUT2D eigenvalue weighted by Gasteiger charge is 1.99. The highest BCUT2D eigenvalue weighted by atomic mass is 16.5. The van der Waals surface area contributed by atoms with Gasteiger partial charge in [-0.1, -0.05) is 56.2 Å². The first-order valence-electron chi connectivity index (χ1n) is 7.35. The monoisotopic (exact) mass is 269 g/mol. The molecule has 106 valence electrons. The predicted molar refractivity (Wildman–Crippen MR) is 84.8 cm³/mol. The molecule has 2 N–H and O–H groups in total. The average Bonchev–Trinajstić information content (AvgIpc) is 2.52. The second-order valence-corrected chi connectivity index (χ2v) is 4.98. The summed E-state index contributed by atoms with van der Waals surface area (Å²) in [7, 11) is 0. The lowest BCUT2D eigenvalue weighted by atomic mass is 10.0. The molecule has 0 bridgehead atoms. The SMILES string of the molecule is CCCCCOc1ccc(-c2ccc(CN)cc2)cc1. The van der Waals surface area contributed by atoms with Crippen molar-refractivity contribution in [2.45, 2.75) is 32.7 Å². The number of nitrogens with two attached hydrogens (primary N) is 1. The van der Waals surface area contributed by atoms with E-state index in [1.54, 1.807) is 0 Å². The normalized spacial score (nSPS) is 10.5. The Balaban J connectivity index is 1.96. The van der Waals surface area contributed by atoms with Crippen molar-refractivity contribution in [3.8, 4) is 16.9 Å². The molecular formula is C18H23NO. The van der Waals surface area contributed by atoms with Crippen molar-refractivity contribution in [3.05, 3.63) is 54.1 Å². The van der Waals surface area contributed by atoms with Gasteiger partial charge in [0, 0.05) is 6.54 Å². The van der Waals surface area contributed by atoms with E-state index in [2.05, 4.69) is 43.3 Å². The van der Waals surface area contributed by atoms with E-state index >= 15 is 0 Å². The zero-order valence-corrected chi connectivity index (χ0v) is 12.1. The first-order chi connectivity index (χ1) is 9.83. The van der Waals surface area contributed by atoms with E-state index in [4.69, 9.17) is 10.5 Å². The van der Waals surface area contributed by atoms with E-state index in [-0.39, 0.29) is 0 Å². The molecule has 2 nitrogen and oxygen atoms in total. The fraction of sp³-hybridized carbons (Fsp3) is 0.333. The minimum atomic E-state index is 0.588. The molecule has 0 aliphatic heterocycles. The molecule has 0 aromatic heterocycles. The van der Waals surface area contributed by atoms with Gasteiger partial charge in [0.2, 0.25) is 0 Å². The van der Waals surface area contributed by atoms with Crippen molar-refractivity contribution in [1.29, 1.82) is 0 Å². The largest absolute Gasteiger partial charge is 0.494 e. The third-order valence-corrected chi connectivity index (χ3v) is 3.39. The van der Waals surface area contributed by atoms with Crippen molar-refractivity contribution in [1.82, 2.24) is 0 Å². The summed E-state index contributed by atoms with van der Waals surface area (Å²) in [5, 5.41) is 0. The summed E-state index contributed by atoms with van der Waals surface area (Å²) in [5.74, 6) is 0.948. The number of hydrogen-bond acceptors (Lipinski definition) is 2. The molecule has 0 atom stereocenters. The molecule has 0 aliphatic rings. The van der Waals surface area contributed by atoms with Crippen LogP contribution in [0.5, 0.6) is 5.75 Å². The van der Waals surface area contributed by atoms with Gasteiger partial charge in [0.15, 0.2) is 0 Å². The Hall–Kier alpha value is -1.80. The molecule has 0 aliphatic carbocycles. The summed E-state index contributed by atoms with van der Waals surface area (Å²) in [6, 6.07) is 16.7. The predicted octanol–water partition coefficient (Wildman–Crippen LogP) is 4.38. The Morgan fingerprint density at radius 1 is 0.850 bits per heavy atom. The van der Waals surface area contributed by atoms with Crippen LogP contribution >= 0.6 is 0 Å². The molecular weight excluding hydrogens is 246 g/mol. The van der Waals surface area contributed by atoms with E-state index in [1.165, 1.54) is 24.0 Å². The molecule has 0 heterocycles. The van der Waals surface area contributed by atoms with Crippen LogP contribution < -0.4 is 10.5 Å². The second kappa shape index (κ2) is 7.71. The maximum absolute atomic E-state index is 5.72. The molecule has 0 unspecified atom stereocenters.